The van der Waals surface area contributed by atoms with E-state index in [1.54, 1.807) is 0 Å². The topological polar surface area (TPSA) is 58.4 Å². The largest absolute Gasteiger partial charge is 0.353 e. The SMILES string of the molecule is NCC1(C(=O)NC2CCN(C3CC3)CC2)CCC1. The first-order valence-corrected chi connectivity index (χ1v) is 7.49. The van der Waals surface area contributed by atoms with E-state index in [0.29, 0.717) is 12.6 Å². The number of hydrogen-bond acceptors (Lipinski definition) is 3. The summed E-state index contributed by atoms with van der Waals surface area (Å²) in [4.78, 5) is 14.9. The normalized spacial score (nSPS) is 28.7. The Bertz CT molecular complexity index is 309. The Morgan fingerprint density at radius 1 is 1.22 bits per heavy atom. The standard InChI is InChI=1S/C14H25N3O/c15-10-14(6-1-7-14)13(18)16-11-4-8-17(9-5-11)12-2-3-12/h11-12H,1-10,15H2,(H,16,18). The molecule has 1 saturated heterocycles. The van der Waals surface area contributed by atoms with Gasteiger partial charge in [-0.05, 0) is 38.5 Å². The minimum Gasteiger partial charge on any atom is -0.353 e. The molecule has 4 heteroatoms. The van der Waals surface area contributed by atoms with Crippen LogP contribution in [0.1, 0.15) is 44.9 Å². The van der Waals surface area contributed by atoms with Crippen LogP contribution in [0.15, 0.2) is 0 Å². The molecule has 18 heavy (non-hydrogen) atoms. The second-order valence-corrected chi connectivity index (χ2v) is 6.35. The third kappa shape index (κ3) is 2.28. The van der Waals surface area contributed by atoms with Gasteiger partial charge in [0.05, 0.1) is 5.41 Å². The fourth-order valence-electron chi connectivity index (χ4n) is 3.31. The van der Waals surface area contributed by atoms with Crippen molar-refractivity contribution >= 4 is 5.91 Å². The first kappa shape index (κ1) is 12.4. The Morgan fingerprint density at radius 2 is 1.89 bits per heavy atom. The van der Waals surface area contributed by atoms with Crippen LogP contribution in [0.2, 0.25) is 0 Å². The highest BCUT2D eigenvalue weighted by molar-refractivity contribution is 5.84. The summed E-state index contributed by atoms with van der Waals surface area (Å²) in [6.45, 7) is 2.83. The van der Waals surface area contributed by atoms with Crippen LogP contribution in [0.4, 0.5) is 0 Å². The zero-order valence-corrected chi connectivity index (χ0v) is 11.2. The van der Waals surface area contributed by atoms with Crippen molar-refractivity contribution in [1.29, 1.82) is 0 Å². The zero-order chi connectivity index (χ0) is 12.6. The quantitative estimate of drug-likeness (QED) is 0.779. The number of amides is 1. The molecule has 0 aromatic heterocycles. The van der Waals surface area contributed by atoms with Gasteiger partial charge in [-0.15, -0.1) is 0 Å². The van der Waals surface area contributed by atoms with Gasteiger partial charge in [-0.1, -0.05) is 6.42 Å². The predicted octanol–water partition coefficient (Wildman–Crippen LogP) is 0.858. The van der Waals surface area contributed by atoms with Crippen molar-refractivity contribution in [2.45, 2.75) is 57.0 Å². The van der Waals surface area contributed by atoms with E-state index in [1.165, 1.54) is 12.8 Å². The van der Waals surface area contributed by atoms with Gasteiger partial charge in [-0.3, -0.25) is 4.79 Å². The number of carbonyl (C=O) groups excluding carboxylic acids is 1. The molecule has 0 radical (unpaired) electrons. The molecule has 102 valence electrons. The van der Waals surface area contributed by atoms with E-state index in [4.69, 9.17) is 5.73 Å². The van der Waals surface area contributed by atoms with Crippen molar-refractivity contribution in [1.82, 2.24) is 10.2 Å². The van der Waals surface area contributed by atoms with Crippen molar-refractivity contribution in [3.05, 3.63) is 0 Å². The van der Waals surface area contributed by atoms with E-state index in [-0.39, 0.29) is 11.3 Å². The third-order valence-corrected chi connectivity index (χ3v) is 5.11. The molecule has 4 nitrogen and oxygen atoms in total. The molecule has 2 aliphatic carbocycles. The molecular formula is C14H25N3O. The van der Waals surface area contributed by atoms with Crippen LogP contribution >= 0.6 is 0 Å². The molecule has 1 aliphatic heterocycles. The summed E-state index contributed by atoms with van der Waals surface area (Å²) in [6.07, 6.45) is 8.11. The summed E-state index contributed by atoms with van der Waals surface area (Å²) >= 11 is 0. The fraction of sp³-hybridized carbons (Fsp3) is 0.929. The van der Waals surface area contributed by atoms with Gasteiger partial charge in [0.1, 0.15) is 0 Å². The van der Waals surface area contributed by atoms with Gasteiger partial charge in [-0.2, -0.15) is 0 Å². The van der Waals surface area contributed by atoms with Crippen LogP contribution in [0.5, 0.6) is 0 Å². The highest BCUT2D eigenvalue weighted by Crippen LogP contribution is 2.40. The molecule has 1 amide bonds. The summed E-state index contributed by atoms with van der Waals surface area (Å²) in [5.41, 5.74) is 5.56. The molecule has 2 saturated carbocycles. The lowest BCUT2D eigenvalue weighted by molar-refractivity contribution is -0.136. The van der Waals surface area contributed by atoms with Crippen LogP contribution in [-0.2, 0) is 4.79 Å². The van der Waals surface area contributed by atoms with Gasteiger partial charge >= 0.3 is 0 Å². The van der Waals surface area contributed by atoms with Crippen molar-refractivity contribution < 1.29 is 4.79 Å². The van der Waals surface area contributed by atoms with E-state index in [0.717, 1.165) is 51.2 Å². The molecule has 0 bridgehead atoms. The van der Waals surface area contributed by atoms with Crippen LogP contribution in [0.25, 0.3) is 0 Å². The minimum absolute atomic E-state index is 0.215. The number of hydrogen-bond donors (Lipinski definition) is 2. The Labute approximate surface area is 109 Å². The smallest absolute Gasteiger partial charge is 0.227 e. The summed E-state index contributed by atoms with van der Waals surface area (Å²) in [7, 11) is 0. The fourth-order valence-corrected chi connectivity index (χ4v) is 3.31. The Balaban J connectivity index is 1.47. The highest BCUT2D eigenvalue weighted by atomic mass is 16.2. The molecule has 0 aromatic rings. The molecule has 0 aromatic carbocycles. The predicted molar refractivity (Wildman–Crippen MR) is 71.1 cm³/mol. The Hall–Kier alpha value is -0.610. The average Bonchev–Trinajstić information content (AvgIpc) is 3.13. The monoisotopic (exact) mass is 251 g/mol. The van der Waals surface area contributed by atoms with Gasteiger partial charge in [0.15, 0.2) is 0 Å². The summed E-state index contributed by atoms with van der Waals surface area (Å²) < 4.78 is 0. The molecule has 3 N–H and O–H groups in total. The molecule has 3 fully saturated rings. The van der Waals surface area contributed by atoms with Crippen molar-refractivity contribution in [3.8, 4) is 0 Å². The zero-order valence-electron chi connectivity index (χ0n) is 11.2. The lowest BCUT2D eigenvalue weighted by Crippen LogP contribution is -2.54. The number of nitrogens with two attached hydrogens (primary N) is 1. The highest BCUT2D eigenvalue weighted by Gasteiger charge is 2.43. The van der Waals surface area contributed by atoms with E-state index in [1.807, 2.05) is 0 Å². The number of piperidine rings is 1. The van der Waals surface area contributed by atoms with Crippen molar-refractivity contribution in [3.63, 3.8) is 0 Å². The number of likely N-dealkylation sites (tertiary alicyclic amines) is 1. The van der Waals surface area contributed by atoms with Crippen LogP contribution in [-0.4, -0.2) is 42.5 Å². The maximum atomic E-state index is 12.3. The van der Waals surface area contributed by atoms with Crippen molar-refractivity contribution in [2.24, 2.45) is 11.1 Å². The van der Waals surface area contributed by atoms with Gasteiger partial charge in [0.2, 0.25) is 5.91 Å². The maximum absolute atomic E-state index is 12.3. The minimum atomic E-state index is -0.215. The van der Waals surface area contributed by atoms with Crippen molar-refractivity contribution in [2.75, 3.05) is 19.6 Å². The van der Waals surface area contributed by atoms with Crippen LogP contribution in [0.3, 0.4) is 0 Å². The Morgan fingerprint density at radius 3 is 2.33 bits per heavy atom. The van der Waals surface area contributed by atoms with Gasteiger partial charge in [0.25, 0.3) is 0 Å². The number of carbonyl (C=O) groups is 1. The van der Waals surface area contributed by atoms with E-state index >= 15 is 0 Å². The molecule has 0 unspecified atom stereocenters. The average molecular weight is 251 g/mol. The van der Waals surface area contributed by atoms with Crippen LogP contribution in [0, 0.1) is 5.41 Å². The molecule has 0 atom stereocenters. The summed E-state index contributed by atoms with van der Waals surface area (Å²) in [5.74, 6) is 0.223. The number of nitrogens with zero attached hydrogens (tertiary/aromatic N) is 1. The van der Waals surface area contributed by atoms with Crippen LogP contribution < -0.4 is 11.1 Å². The molecular weight excluding hydrogens is 226 g/mol. The summed E-state index contributed by atoms with van der Waals surface area (Å²) in [6, 6.07) is 1.25. The first-order chi connectivity index (χ1) is 8.73. The van der Waals surface area contributed by atoms with Gasteiger partial charge in [-0.25, -0.2) is 0 Å². The maximum Gasteiger partial charge on any atom is 0.227 e. The third-order valence-electron chi connectivity index (χ3n) is 5.11. The lowest BCUT2D eigenvalue weighted by Gasteiger charge is -2.41. The van der Waals surface area contributed by atoms with Gasteiger partial charge in [0, 0.05) is 31.7 Å². The van der Waals surface area contributed by atoms with Gasteiger partial charge < -0.3 is 16.0 Å². The first-order valence-electron chi connectivity index (χ1n) is 7.49. The lowest BCUT2D eigenvalue weighted by atomic mass is 9.68. The number of nitrogens with one attached hydrogen (secondary N) is 1. The molecule has 0 spiro atoms. The second kappa shape index (κ2) is 4.82. The second-order valence-electron chi connectivity index (χ2n) is 6.35. The number of rotatable bonds is 4. The molecule has 1 heterocycles. The Kier molecular flexibility index (Phi) is 3.32. The van der Waals surface area contributed by atoms with E-state index in [2.05, 4.69) is 10.2 Å². The van der Waals surface area contributed by atoms with E-state index in [9.17, 15) is 4.79 Å². The summed E-state index contributed by atoms with van der Waals surface area (Å²) in [5, 5.41) is 3.25. The molecule has 3 rings (SSSR count). The van der Waals surface area contributed by atoms with E-state index < -0.39 is 0 Å². The molecule has 3 aliphatic rings.